The lowest BCUT2D eigenvalue weighted by Gasteiger charge is -2.33. The Bertz CT molecular complexity index is 294. The minimum atomic E-state index is 0.310. The summed E-state index contributed by atoms with van der Waals surface area (Å²) < 4.78 is 0. The van der Waals surface area contributed by atoms with Crippen LogP contribution in [0.2, 0.25) is 0 Å². The van der Waals surface area contributed by atoms with Gasteiger partial charge in [0.2, 0.25) is 5.91 Å². The van der Waals surface area contributed by atoms with Crippen LogP contribution in [0.3, 0.4) is 0 Å². The molecule has 0 saturated carbocycles. The second-order valence-corrected chi connectivity index (χ2v) is 6.59. The topological polar surface area (TPSA) is 35.6 Å². The van der Waals surface area contributed by atoms with E-state index in [2.05, 4.69) is 29.0 Å². The Kier molecular flexibility index (Phi) is 6.30. The van der Waals surface area contributed by atoms with Crippen molar-refractivity contribution in [2.45, 2.75) is 64.5 Å². The molecule has 1 unspecified atom stereocenters. The number of hydrogen-bond acceptors (Lipinski definition) is 3. The van der Waals surface area contributed by atoms with Crippen molar-refractivity contribution in [3.8, 4) is 0 Å². The smallest absolute Gasteiger partial charge is 0.224 e. The van der Waals surface area contributed by atoms with Crippen LogP contribution in [-0.2, 0) is 4.79 Å². The van der Waals surface area contributed by atoms with E-state index in [1.807, 2.05) is 0 Å². The molecule has 2 rings (SSSR count). The average Bonchev–Trinajstić information content (AvgIpc) is 2.96. The highest BCUT2D eigenvalue weighted by molar-refractivity contribution is 5.76. The number of rotatable bonds is 6. The maximum atomic E-state index is 12.5. The molecule has 2 heterocycles. The summed E-state index contributed by atoms with van der Waals surface area (Å²) >= 11 is 0. The van der Waals surface area contributed by atoms with E-state index in [0.29, 0.717) is 24.4 Å². The summed E-state index contributed by atoms with van der Waals surface area (Å²) in [4.78, 5) is 17.0. The number of carbonyl (C=O) groups excluding carboxylic acids is 1. The van der Waals surface area contributed by atoms with E-state index in [4.69, 9.17) is 0 Å². The Morgan fingerprint density at radius 1 is 1.25 bits per heavy atom. The zero-order chi connectivity index (χ0) is 14.4. The van der Waals surface area contributed by atoms with Crippen molar-refractivity contribution in [1.29, 1.82) is 0 Å². The molecule has 0 bridgehead atoms. The van der Waals surface area contributed by atoms with Gasteiger partial charge in [0.1, 0.15) is 0 Å². The average molecular weight is 281 g/mol. The first-order valence-electron chi connectivity index (χ1n) is 8.42. The fourth-order valence-electron chi connectivity index (χ4n) is 3.32. The maximum Gasteiger partial charge on any atom is 0.224 e. The number of hydrogen-bond donors (Lipinski definition) is 1. The second kappa shape index (κ2) is 7.99. The normalized spacial score (nSPS) is 24.2. The molecule has 4 heteroatoms. The van der Waals surface area contributed by atoms with Gasteiger partial charge >= 0.3 is 0 Å². The molecule has 1 amide bonds. The molecule has 2 fully saturated rings. The summed E-state index contributed by atoms with van der Waals surface area (Å²) in [5.41, 5.74) is 0. The molecule has 2 aliphatic heterocycles. The lowest BCUT2D eigenvalue weighted by molar-refractivity contribution is -0.133. The number of likely N-dealkylation sites (tertiary alicyclic amines) is 1. The monoisotopic (exact) mass is 281 g/mol. The van der Waals surface area contributed by atoms with Gasteiger partial charge in [-0.3, -0.25) is 4.79 Å². The third-order valence-corrected chi connectivity index (χ3v) is 4.61. The number of nitrogens with zero attached hydrogens (tertiary/aromatic N) is 2. The molecule has 2 aliphatic rings. The molecule has 1 atom stereocenters. The van der Waals surface area contributed by atoms with E-state index in [1.54, 1.807) is 0 Å². The molecular formula is C16H31N3O. The number of amides is 1. The Labute approximate surface area is 123 Å². The molecule has 0 aliphatic carbocycles. The van der Waals surface area contributed by atoms with Crippen LogP contribution in [0.15, 0.2) is 0 Å². The van der Waals surface area contributed by atoms with E-state index in [0.717, 1.165) is 19.6 Å². The van der Waals surface area contributed by atoms with Crippen molar-refractivity contribution in [3.05, 3.63) is 0 Å². The van der Waals surface area contributed by atoms with Gasteiger partial charge in [0.15, 0.2) is 0 Å². The largest absolute Gasteiger partial charge is 0.339 e. The first kappa shape index (κ1) is 15.8. The lowest BCUT2D eigenvalue weighted by Crippen LogP contribution is -2.48. The second-order valence-electron chi connectivity index (χ2n) is 6.59. The van der Waals surface area contributed by atoms with Gasteiger partial charge in [0.25, 0.3) is 0 Å². The van der Waals surface area contributed by atoms with E-state index in [1.165, 1.54) is 45.2 Å². The molecule has 1 N–H and O–H groups in total. The molecular weight excluding hydrogens is 250 g/mol. The zero-order valence-corrected chi connectivity index (χ0v) is 13.2. The Balaban J connectivity index is 1.78. The number of piperidine rings is 1. The minimum absolute atomic E-state index is 0.310. The van der Waals surface area contributed by atoms with E-state index in [9.17, 15) is 4.79 Å². The van der Waals surface area contributed by atoms with Crippen LogP contribution in [0.4, 0.5) is 0 Å². The van der Waals surface area contributed by atoms with Crippen molar-refractivity contribution < 1.29 is 4.79 Å². The number of nitrogens with one attached hydrogen (secondary N) is 1. The maximum absolute atomic E-state index is 12.5. The van der Waals surface area contributed by atoms with Gasteiger partial charge in [0, 0.05) is 31.6 Å². The van der Waals surface area contributed by atoms with Gasteiger partial charge in [0.05, 0.1) is 0 Å². The molecule has 20 heavy (non-hydrogen) atoms. The van der Waals surface area contributed by atoms with Crippen LogP contribution in [0.1, 0.15) is 52.4 Å². The van der Waals surface area contributed by atoms with Crippen LogP contribution in [-0.4, -0.2) is 60.5 Å². The van der Waals surface area contributed by atoms with Crippen molar-refractivity contribution in [2.75, 3.05) is 32.7 Å². The molecule has 0 aromatic heterocycles. The fourth-order valence-corrected chi connectivity index (χ4v) is 3.32. The highest BCUT2D eigenvalue weighted by Gasteiger charge is 2.23. The van der Waals surface area contributed by atoms with Crippen LogP contribution in [0.5, 0.6) is 0 Å². The van der Waals surface area contributed by atoms with Crippen LogP contribution < -0.4 is 5.32 Å². The minimum Gasteiger partial charge on any atom is -0.339 e. The highest BCUT2D eigenvalue weighted by atomic mass is 16.2. The molecule has 0 aromatic carbocycles. The van der Waals surface area contributed by atoms with Crippen LogP contribution in [0.25, 0.3) is 0 Å². The van der Waals surface area contributed by atoms with E-state index < -0.39 is 0 Å². The number of carbonyl (C=O) groups is 1. The zero-order valence-electron chi connectivity index (χ0n) is 13.2. The molecule has 0 radical (unpaired) electrons. The summed E-state index contributed by atoms with van der Waals surface area (Å²) in [5.74, 6) is 0.333. The fraction of sp³-hybridized carbons (Fsp3) is 0.938. The summed E-state index contributed by atoms with van der Waals surface area (Å²) in [5, 5.41) is 3.55. The van der Waals surface area contributed by atoms with Gasteiger partial charge < -0.3 is 15.1 Å². The van der Waals surface area contributed by atoms with Gasteiger partial charge in [-0.1, -0.05) is 6.42 Å². The van der Waals surface area contributed by atoms with Crippen molar-refractivity contribution >= 4 is 5.91 Å². The predicted molar refractivity (Wildman–Crippen MR) is 82.8 cm³/mol. The molecule has 0 spiro atoms. The first-order chi connectivity index (χ1) is 9.66. The Hall–Kier alpha value is -0.610. The van der Waals surface area contributed by atoms with Crippen molar-refractivity contribution in [1.82, 2.24) is 15.1 Å². The van der Waals surface area contributed by atoms with E-state index in [-0.39, 0.29) is 0 Å². The van der Waals surface area contributed by atoms with Gasteiger partial charge in [-0.05, 0) is 59.2 Å². The Morgan fingerprint density at radius 2 is 2.00 bits per heavy atom. The van der Waals surface area contributed by atoms with Crippen LogP contribution >= 0.6 is 0 Å². The first-order valence-corrected chi connectivity index (χ1v) is 8.42. The van der Waals surface area contributed by atoms with Crippen molar-refractivity contribution in [3.63, 3.8) is 0 Å². The summed E-state index contributed by atoms with van der Waals surface area (Å²) in [6, 6.07) is 0.812. The van der Waals surface area contributed by atoms with Gasteiger partial charge in [-0.15, -0.1) is 0 Å². The molecule has 116 valence electrons. The third kappa shape index (κ3) is 4.74. The van der Waals surface area contributed by atoms with E-state index >= 15 is 0 Å². The van der Waals surface area contributed by atoms with Gasteiger partial charge in [-0.2, -0.15) is 0 Å². The molecule has 4 nitrogen and oxygen atoms in total. The standard InChI is InChI=1S/C16H31N3O/c1-14(2)19(13-15-7-3-4-9-17-15)16(20)8-12-18-10-5-6-11-18/h14-15,17H,3-13H2,1-2H3. The Morgan fingerprint density at radius 3 is 2.60 bits per heavy atom. The summed E-state index contributed by atoms with van der Waals surface area (Å²) in [6.07, 6.45) is 7.07. The quantitative estimate of drug-likeness (QED) is 0.807. The highest BCUT2D eigenvalue weighted by Crippen LogP contribution is 2.13. The molecule has 2 saturated heterocycles. The van der Waals surface area contributed by atoms with Crippen LogP contribution in [0, 0.1) is 0 Å². The summed E-state index contributed by atoms with van der Waals surface area (Å²) in [6.45, 7) is 9.57. The predicted octanol–water partition coefficient (Wildman–Crippen LogP) is 1.85. The molecule has 0 aromatic rings. The third-order valence-electron chi connectivity index (χ3n) is 4.61. The van der Waals surface area contributed by atoms with Gasteiger partial charge in [-0.25, -0.2) is 0 Å². The summed E-state index contributed by atoms with van der Waals surface area (Å²) in [7, 11) is 0. The SMILES string of the molecule is CC(C)N(CC1CCCCN1)C(=O)CCN1CCCC1. The van der Waals surface area contributed by atoms with Crippen molar-refractivity contribution in [2.24, 2.45) is 0 Å². The lowest BCUT2D eigenvalue weighted by atomic mass is 10.0.